The molecule has 0 N–H and O–H groups in total. The maximum atomic E-state index is 11.9. The number of aryl methyl sites for hydroxylation is 1. The number of rotatable bonds is 1. The van der Waals surface area contributed by atoms with Gasteiger partial charge >= 0.3 is 0 Å². The third-order valence-electron chi connectivity index (χ3n) is 4.14. The third kappa shape index (κ3) is 2.13. The Morgan fingerprint density at radius 2 is 1.71 bits per heavy atom. The molecule has 1 heterocycles. The minimum atomic E-state index is 0.230. The summed E-state index contributed by atoms with van der Waals surface area (Å²) in [5, 5.41) is 2.44. The molecule has 0 radical (unpaired) electrons. The van der Waals surface area contributed by atoms with Gasteiger partial charge in [0.05, 0.1) is 11.4 Å². The topological polar surface area (TPSA) is 30.0 Å². The van der Waals surface area contributed by atoms with Crippen LogP contribution < -0.4 is 0 Å². The second-order valence-electron chi connectivity index (χ2n) is 5.53. The van der Waals surface area contributed by atoms with Crippen molar-refractivity contribution in [1.82, 2.24) is 4.98 Å². The van der Waals surface area contributed by atoms with Crippen LogP contribution in [0.5, 0.6) is 0 Å². The quantitative estimate of drug-likeness (QED) is 0.657. The number of hydrogen-bond donors (Lipinski definition) is 0. The normalized spacial score (nSPS) is 14.2. The number of benzene rings is 2. The maximum Gasteiger partial charge on any atom is 0.164 e. The summed E-state index contributed by atoms with van der Waals surface area (Å²) in [6, 6.07) is 18.6. The van der Waals surface area contributed by atoms with Crippen LogP contribution in [0.15, 0.2) is 54.6 Å². The van der Waals surface area contributed by atoms with E-state index in [0.29, 0.717) is 6.42 Å². The zero-order valence-electron chi connectivity index (χ0n) is 11.7. The maximum absolute atomic E-state index is 11.9. The molecule has 0 atom stereocenters. The number of Topliss-reactive ketones (excluding diaryl/α,β-unsaturated/α-hetero) is 1. The van der Waals surface area contributed by atoms with Gasteiger partial charge in [0.2, 0.25) is 0 Å². The van der Waals surface area contributed by atoms with Crippen LogP contribution >= 0.6 is 0 Å². The molecule has 1 aromatic heterocycles. The summed E-state index contributed by atoms with van der Waals surface area (Å²) in [5.41, 5.74) is 3.83. The Balaban J connectivity index is 1.83. The Bertz CT molecular complexity index is 851. The van der Waals surface area contributed by atoms with Crippen LogP contribution in [0.1, 0.15) is 28.9 Å². The van der Waals surface area contributed by atoms with E-state index in [1.165, 1.54) is 10.8 Å². The van der Waals surface area contributed by atoms with Crippen molar-refractivity contribution in [2.75, 3.05) is 0 Å². The lowest BCUT2D eigenvalue weighted by atomic mass is 9.94. The number of carbonyl (C=O) groups excluding carboxylic acids is 1. The van der Waals surface area contributed by atoms with Crippen molar-refractivity contribution in [3.05, 3.63) is 65.9 Å². The number of hydrogen-bond acceptors (Lipinski definition) is 2. The highest BCUT2D eigenvalue weighted by Gasteiger charge is 2.18. The molecule has 102 valence electrons. The first-order valence-corrected chi connectivity index (χ1v) is 7.33. The van der Waals surface area contributed by atoms with Gasteiger partial charge in [-0.1, -0.05) is 36.4 Å². The van der Waals surface area contributed by atoms with E-state index in [1.807, 2.05) is 24.3 Å². The Kier molecular flexibility index (Phi) is 2.81. The number of carbonyl (C=O) groups is 1. The Labute approximate surface area is 123 Å². The molecule has 0 unspecified atom stereocenters. The van der Waals surface area contributed by atoms with Crippen LogP contribution in [0.2, 0.25) is 0 Å². The number of pyridine rings is 1. The molecular weight excluding hydrogens is 258 g/mol. The zero-order chi connectivity index (χ0) is 14.2. The third-order valence-corrected chi connectivity index (χ3v) is 4.14. The Hall–Kier alpha value is -2.48. The van der Waals surface area contributed by atoms with Crippen LogP contribution in [0.4, 0.5) is 0 Å². The van der Waals surface area contributed by atoms with Crippen molar-refractivity contribution in [3.8, 4) is 11.3 Å². The van der Waals surface area contributed by atoms with Gasteiger partial charge in [0.1, 0.15) is 0 Å². The number of fused-ring (bicyclic) bond motifs is 2. The summed E-state index contributed by atoms with van der Waals surface area (Å²) < 4.78 is 0. The Morgan fingerprint density at radius 1 is 0.857 bits per heavy atom. The molecule has 2 heteroatoms. The fraction of sp³-hybridized carbons (Fsp3) is 0.158. The molecule has 2 aromatic carbocycles. The highest BCUT2D eigenvalue weighted by molar-refractivity contribution is 5.98. The van der Waals surface area contributed by atoms with E-state index in [4.69, 9.17) is 4.98 Å². The summed E-state index contributed by atoms with van der Waals surface area (Å²) in [7, 11) is 0. The minimum Gasteiger partial charge on any atom is -0.294 e. The van der Waals surface area contributed by atoms with Crippen molar-refractivity contribution in [1.29, 1.82) is 0 Å². The first kappa shape index (κ1) is 12.3. The second kappa shape index (κ2) is 4.81. The molecule has 0 saturated carbocycles. The molecule has 21 heavy (non-hydrogen) atoms. The van der Waals surface area contributed by atoms with Crippen molar-refractivity contribution < 1.29 is 4.79 Å². The standard InChI is InChI=1S/C19H15NO/c21-19-7-3-6-18-16(19)10-11-17(20-18)15-9-8-13-4-1-2-5-14(13)12-15/h1-2,4-5,8-12H,3,6-7H2. The lowest BCUT2D eigenvalue weighted by molar-refractivity contribution is 0.0971. The fourth-order valence-electron chi connectivity index (χ4n) is 3.01. The highest BCUT2D eigenvalue weighted by Crippen LogP contribution is 2.26. The van der Waals surface area contributed by atoms with Gasteiger partial charge < -0.3 is 0 Å². The summed E-state index contributed by atoms with van der Waals surface area (Å²) in [6.45, 7) is 0. The SMILES string of the molecule is O=C1CCCc2nc(-c3ccc4ccccc4c3)ccc21. The van der Waals surface area contributed by atoms with E-state index in [-0.39, 0.29) is 5.78 Å². The monoisotopic (exact) mass is 273 g/mol. The van der Waals surface area contributed by atoms with Crippen LogP contribution in [0, 0.1) is 0 Å². The van der Waals surface area contributed by atoms with E-state index in [9.17, 15) is 4.79 Å². The lowest BCUT2D eigenvalue weighted by Crippen LogP contribution is -2.12. The minimum absolute atomic E-state index is 0.230. The molecular formula is C19H15NO. The van der Waals surface area contributed by atoms with Gasteiger partial charge in [-0.05, 0) is 41.8 Å². The first-order valence-electron chi connectivity index (χ1n) is 7.33. The smallest absolute Gasteiger partial charge is 0.164 e. The van der Waals surface area contributed by atoms with Crippen molar-refractivity contribution in [2.24, 2.45) is 0 Å². The molecule has 0 saturated heterocycles. The molecule has 3 aromatic rings. The van der Waals surface area contributed by atoms with Gasteiger partial charge in [-0.2, -0.15) is 0 Å². The molecule has 0 fully saturated rings. The second-order valence-corrected chi connectivity index (χ2v) is 5.53. The van der Waals surface area contributed by atoms with Crippen LogP contribution in [-0.2, 0) is 6.42 Å². The molecule has 0 spiro atoms. The summed E-state index contributed by atoms with van der Waals surface area (Å²) in [5.74, 6) is 0.230. The van der Waals surface area contributed by atoms with Crippen molar-refractivity contribution in [3.63, 3.8) is 0 Å². The summed E-state index contributed by atoms with van der Waals surface area (Å²) >= 11 is 0. The van der Waals surface area contributed by atoms with Crippen molar-refractivity contribution in [2.45, 2.75) is 19.3 Å². The first-order chi connectivity index (χ1) is 10.3. The van der Waals surface area contributed by atoms with Gasteiger partial charge in [0.25, 0.3) is 0 Å². The molecule has 2 nitrogen and oxygen atoms in total. The highest BCUT2D eigenvalue weighted by atomic mass is 16.1. The molecule has 1 aliphatic rings. The summed E-state index contributed by atoms with van der Waals surface area (Å²) in [4.78, 5) is 16.6. The fourth-order valence-corrected chi connectivity index (χ4v) is 3.01. The predicted octanol–water partition coefficient (Wildman–Crippen LogP) is 4.42. The molecule has 1 aliphatic carbocycles. The predicted molar refractivity (Wildman–Crippen MR) is 84.4 cm³/mol. The van der Waals surface area contributed by atoms with E-state index >= 15 is 0 Å². The van der Waals surface area contributed by atoms with E-state index in [1.54, 1.807) is 0 Å². The summed E-state index contributed by atoms with van der Waals surface area (Å²) in [6.07, 6.45) is 2.48. The Morgan fingerprint density at radius 3 is 2.62 bits per heavy atom. The van der Waals surface area contributed by atoms with Crippen molar-refractivity contribution >= 4 is 16.6 Å². The van der Waals surface area contributed by atoms with E-state index in [2.05, 4.69) is 30.3 Å². The number of ketones is 1. The lowest BCUT2D eigenvalue weighted by Gasteiger charge is -2.14. The average Bonchev–Trinajstić information content (AvgIpc) is 2.54. The molecule has 0 amide bonds. The largest absolute Gasteiger partial charge is 0.294 e. The van der Waals surface area contributed by atoms with Crippen LogP contribution in [0.3, 0.4) is 0 Å². The van der Waals surface area contributed by atoms with Gasteiger partial charge in [-0.25, -0.2) is 0 Å². The van der Waals surface area contributed by atoms with E-state index in [0.717, 1.165) is 35.4 Å². The van der Waals surface area contributed by atoms with Crippen LogP contribution in [0.25, 0.3) is 22.0 Å². The average molecular weight is 273 g/mol. The zero-order valence-corrected chi connectivity index (χ0v) is 11.7. The molecule has 0 aliphatic heterocycles. The van der Waals surface area contributed by atoms with Gasteiger partial charge in [-0.15, -0.1) is 0 Å². The molecule has 4 rings (SSSR count). The van der Waals surface area contributed by atoms with Gasteiger partial charge in [0, 0.05) is 17.5 Å². The number of aromatic nitrogens is 1. The van der Waals surface area contributed by atoms with E-state index < -0.39 is 0 Å². The molecule has 0 bridgehead atoms. The van der Waals surface area contributed by atoms with Gasteiger partial charge in [-0.3, -0.25) is 9.78 Å². The van der Waals surface area contributed by atoms with Crippen LogP contribution in [-0.4, -0.2) is 10.8 Å². The van der Waals surface area contributed by atoms with Gasteiger partial charge in [0.15, 0.2) is 5.78 Å². The number of nitrogens with zero attached hydrogens (tertiary/aromatic N) is 1.